The van der Waals surface area contributed by atoms with Crippen LogP contribution in [0.2, 0.25) is 0 Å². The van der Waals surface area contributed by atoms with Crippen LogP contribution in [0, 0.1) is 0 Å². The predicted octanol–water partition coefficient (Wildman–Crippen LogP) is 2.70. The van der Waals surface area contributed by atoms with Crippen LogP contribution in [-0.2, 0) is 28.3 Å². The summed E-state index contributed by atoms with van der Waals surface area (Å²) in [5, 5.41) is 0. The standard InChI is InChI=1S/C17H31BO6/c1-12(10-18-23-14(2,3)15(4,5)24-18)13-11-21-16(6,19-8)17(7,20-9)22-13/h10,13H,11H2,1-9H3/b12-10+/t13-,16+,17+/m0/s1. The van der Waals surface area contributed by atoms with Gasteiger partial charge in [-0.1, -0.05) is 5.98 Å². The molecule has 24 heavy (non-hydrogen) atoms. The molecule has 0 aromatic heterocycles. The summed E-state index contributed by atoms with van der Waals surface area (Å²) >= 11 is 0. The summed E-state index contributed by atoms with van der Waals surface area (Å²) in [5.41, 5.74) is 0.233. The van der Waals surface area contributed by atoms with Crippen LogP contribution >= 0.6 is 0 Å². The molecule has 2 heterocycles. The van der Waals surface area contributed by atoms with Gasteiger partial charge in [0.15, 0.2) is 0 Å². The van der Waals surface area contributed by atoms with E-state index < -0.39 is 18.7 Å². The Balaban J connectivity index is 2.13. The van der Waals surface area contributed by atoms with Crippen LogP contribution < -0.4 is 0 Å². The number of rotatable bonds is 4. The number of ether oxygens (including phenoxy) is 4. The van der Waals surface area contributed by atoms with Gasteiger partial charge in [0, 0.05) is 14.2 Å². The van der Waals surface area contributed by atoms with Crippen LogP contribution in [0.15, 0.2) is 11.5 Å². The zero-order valence-corrected chi connectivity index (χ0v) is 16.4. The van der Waals surface area contributed by atoms with Crippen molar-refractivity contribution >= 4 is 7.12 Å². The third kappa shape index (κ3) is 3.30. The summed E-state index contributed by atoms with van der Waals surface area (Å²) in [4.78, 5) is 0. The van der Waals surface area contributed by atoms with E-state index in [1.54, 1.807) is 21.1 Å². The van der Waals surface area contributed by atoms with Crippen molar-refractivity contribution in [3.05, 3.63) is 11.5 Å². The first-order valence-corrected chi connectivity index (χ1v) is 8.36. The minimum absolute atomic E-state index is 0.266. The first-order chi connectivity index (χ1) is 10.9. The molecule has 0 unspecified atom stereocenters. The summed E-state index contributed by atoms with van der Waals surface area (Å²) < 4.78 is 35.1. The molecule has 0 spiro atoms. The molecule has 2 saturated heterocycles. The highest BCUT2D eigenvalue weighted by atomic mass is 16.8. The first-order valence-electron chi connectivity index (χ1n) is 8.36. The fraction of sp³-hybridized carbons (Fsp3) is 0.882. The summed E-state index contributed by atoms with van der Waals surface area (Å²) in [6.45, 7) is 14.1. The van der Waals surface area contributed by atoms with Crippen molar-refractivity contribution < 1.29 is 28.3 Å². The average molecular weight is 342 g/mol. The van der Waals surface area contributed by atoms with Crippen LogP contribution in [0.1, 0.15) is 48.5 Å². The van der Waals surface area contributed by atoms with E-state index in [0.29, 0.717) is 6.61 Å². The molecule has 2 rings (SSSR count). The van der Waals surface area contributed by atoms with Gasteiger partial charge in [-0.2, -0.15) is 0 Å². The number of methoxy groups -OCH3 is 2. The van der Waals surface area contributed by atoms with Gasteiger partial charge < -0.3 is 28.3 Å². The maximum absolute atomic E-state index is 6.15. The fourth-order valence-corrected chi connectivity index (χ4v) is 2.76. The monoisotopic (exact) mass is 342 g/mol. The van der Waals surface area contributed by atoms with Crippen LogP contribution in [0.5, 0.6) is 0 Å². The summed E-state index contributed by atoms with van der Waals surface area (Å²) in [6.07, 6.45) is -0.266. The van der Waals surface area contributed by atoms with Crippen molar-refractivity contribution in [3.8, 4) is 0 Å². The van der Waals surface area contributed by atoms with E-state index in [-0.39, 0.29) is 17.3 Å². The Hall–Kier alpha value is -0.435. The SMILES string of the molecule is CO[C@]1(C)OC[C@@H](/C(C)=C/B2OC(C)(C)C(C)(C)O2)O[C@@]1(C)OC. The van der Waals surface area contributed by atoms with Crippen LogP contribution in [0.25, 0.3) is 0 Å². The van der Waals surface area contributed by atoms with Crippen molar-refractivity contribution in [2.45, 2.75) is 77.3 Å². The molecule has 0 aromatic rings. The zero-order valence-electron chi connectivity index (χ0n) is 16.4. The lowest BCUT2D eigenvalue weighted by Gasteiger charge is -2.49. The van der Waals surface area contributed by atoms with Gasteiger partial charge in [-0.25, -0.2) is 0 Å². The Bertz CT molecular complexity index is 489. The number of hydrogen-bond donors (Lipinski definition) is 0. The van der Waals surface area contributed by atoms with Gasteiger partial charge in [0.05, 0.1) is 17.8 Å². The molecule has 0 radical (unpaired) electrons. The molecule has 0 bridgehead atoms. The second-order valence-corrected chi connectivity index (χ2v) is 7.75. The molecular formula is C17H31BO6. The highest BCUT2D eigenvalue weighted by Crippen LogP contribution is 2.40. The van der Waals surface area contributed by atoms with Crippen molar-refractivity contribution in [2.24, 2.45) is 0 Å². The predicted molar refractivity (Wildman–Crippen MR) is 91.5 cm³/mol. The van der Waals surface area contributed by atoms with E-state index in [2.05, 4.69) is 0 Å². The van der Waals surface area contributed by atoms with Gasteiger partial charge in [-0.15, -0.1) is 0 Å². The zero-order chi connectivity index (χ0) is 18.4. The number of hydrogen-bond acceptors (Lipinski definition) is 6. The average Bonchev–Trinajstić information content (AvgIpc) is 2.69. The summed E-state index contributed by atoms with van der Waals surface area (Å²) in [5.74, 6) is -0.0470. The first kappa shape index (κ1) is 19.9. The topological polar surface area (TPSA) is 55.4 Å². The van der Waals surface area contributed by atoms with Crippen LogP contribution in [-0.4, -0.2) is 56.8 Å². The molecular weight excluding hydrogens is 311 g/mol. The third-order valence-corrected chi connectivity index (χ3v) is 5.66. The maximum atomic E-state index is 6.15. The third-order valence-electron chi connectivity index (χ3n) is 5.66. The molecule has 0 saturated carbocycles. The van der Waals surface area contributed by atoms with E-state index in [4.69, 9.17) is 28.3 Å². The summed E-state index contributed by atoms with van der Waals surface area (Å²) in [7, 11) is 2.74. The quantitative estimate of drug-likeness (QED) is 0.733. The molecule has 138 valence electrons. The van der Waals surface area contributed by atoms with Gasteiger partial charge >= 0.3 is 7.12 Å². The molecule has 2 aliphatic rings. The molecule has 2 fully saturated rings. The van der Waals surface area contributed by atoms with E-state index >= 15 is 0 Å². The molecule has 3 atom stereocenters. The Labute approximate surface area is 145 Å². The molecule has 2 aliphatic heterocycles. The van der Waals surface area contributed by atoms with E-state index in [0.717, 1.165) is 5.57 Å². The minimum Gasteiger partial charge on any atom is -0.400 e. The largest absolute Gasteiger partial charge is 0.487 e. The fourth-order valence-electron chi connectivity index (χ4n) is 2.76. The normalized spacial score (nSPS) is 39.3. The van der Waals surface area contributed by atoms with E-state index in [1.165, 1.54) is 0 Å². The second kappa shape index (κ2) is 6.38. The molecule has 0 amide bonds. The van der Waals surface area contributed by atoms with E-state index in [9.17, 15) is 0 Å². The van der Waals surface area contributed by atoms with Crippen LogP contribution in [0.4, 0.5) is 0 Å². The molecule has 0 N–H and O–H groups in total. The lowest BCUT2D eigenvalue weighted by Crippen LogP contribution is -2.62. The Morgan fingerprint density at radius 2 is 1.46 bits per heavy atom. The smallest absolute Gasteiger partial charge is 0.400 e. The lowest BCUT2D eigenvalue weighted by atomic mass is 9.85. The van der Waals surface area contributed by atoms with Crippen LogP contribution in [0.3, 0.4) is 0 Å². The van der Waals surface area contributed by atoms with Gasteiger partial charge in [-0.05, 0) is 54.0 Å². The second-order valence-electron chi connectivity index (χ2n) is 7.75. The van der Waals surface area contributed by atoms with Gasteiger partial charge in [-0.3, -0.25) is 0 Å². The highest BCUT2D eigenvalue weighted by molar-refractivity contribution is 6.51. The minimum atomic E-state index is -1.02. The Morgan fingerprint density at radius 3 is 1.92 bits per heavy atom. The maximum Gasteiger partial charge on any atom is 0.487 e. The summed E-state index contributed by atoms with van der Waals surface area (Å²) in [6, 6.07) is 0. The van der Waals surface area contributed by atoms with Crippen molar-refractivity contribution in [2.75, 3.05) is 20.8 Å². The Morgan fingerprint density at radius 1 is 0.958 bits per heavy atom. The molecule has 7 heteroatoms. The van der Waals surface area contributed by atoms with Crippen molar-refractivity contribution in [1.29, 1.82) is 0 Å². The molecule has 0 aromatic carbocycles. The Kier molecular flexibility index (Phi) is 5.28. The van der Waals surface area contributed by atoms with Crippen molar-refractivity contribution in [3.63, 3.8) is 0 Å². The van der Waals surface area contributed by atoms with Gasteiger partial charge in [0.25, 0.3) is 0 Å². The molecule has 0 aliphatic carbocycles. The highest BCUT2D eigenvalue weighted by Gasteiger charge is 2.54. The van der Waals surface area contributed by atoms with E-state index in [1.807, 2.05) is 47.5 Å². The lowest BCUT2D eigenvalue weighted by molar-refractivity contribution is -0.426. The van der Waals surface area contributed by atoms with Crippen molar-refractivity contribution in [1.82, 2.24) is 0 Å². The molecule has 6 nitrogen and oxygen atoms in total. The van der Waals surface area contributed by atoms with Gasteiger partial charge in [0.1, 0.15) is 6.10 Å². The van der Waals surface area contributed by atoms with Gasteiger partial charge in [0.2, 0.25) is 11.6 Å².